The van der Waals surface area contributed by atoms with Crippen molar-refractivity contribution >= 4 is 6.09 Å². The third-order valence-corrected chi connectivity index (χ3v) is 2.90. The molecule has 1 aromatic carbocycles. The van der Waals surface area contributed by atoms with Crippen LogP contribution < -0.4 is 4.74 Å². The minimum Gasteiger partial charge on any atom is -0.496 e. The van der Waals surface area contributed by atoms with Gasteiger partial charge in [-0.25, -0.2) is 4.79 Å². The van der Waals surface area contributed by atoms with Crippen LogP contribution in [0, 0.1) is 0 Å². The number of hydrogen-bond acceptors (Lipinski definition) is 2. The standard InChI is InChI=1S/C14H15NO3/c1-3-10-6-7-13(18-2)11(9-10)12-5-4-8-15(12)14(16)17/h4-9H,3H2,1-2H3,(H,16,17). The van der Waals surface area contributed by atoms with Gasteiger partial charge < -0.3 is 9.84 Å². The molecule has 1 N–H and O–H groups in total. The van der Waals surface area contributed by atoms with E-state index in [0.717, 1.165) is 17.5 Å². The molecule has 0 unspecified atom stereocenters. The number of aromatic nitrogens is 1. The van der Waals surface area contributed by atoms with Gasteiger partial charge in [0, 0.05) is 11.8 Å². The summed E-state index contributed by atoms with van der Waals surface area (Å²) in [6.45, 7) is 2.06. The summed E-state index contributed by atoms with van der Waals surface area (Å²) in [5.74, 6) is 0.674. The topological polar surface area (TPSA) is 51.5 Å². The summed E-state index contributed by atoms with van der Waals surface area (Å²) in [4.78, 5) is 11.1. The Kier molecular flexibility index (Phi) is 3.37. The van der Waals surface area contributed by atoms with E-state index in [-0.39, 0.29) is 0 Å². The molecule has 4 nitrogen and oxygen atoms in total. The lowest BCUT2D eigenvalue weighted by atomic mass is 10.1. The molecule has 94 valence electrons. The second kappa shape index (κ2) is 4.96. The summed E-state index contributed by atoms with van der Waals surface area (Å²) in [6, 6.07) is 9.30. The maximum atomic E-state index is 11.1. The highest BCUT2D eigenvalue weighted by molar-refractivity contribution is 5.79. The maximum absolute atomic E-state index is 11.1. The first kappa shape index (κ1) is 12.2. The molecule has 18 heavy (non-hydrogen) atoms. The zero-order chi connectivity index (χ0) is 13.1. The zero-order valence-corrected chi connectivity index (χ0v) is 10.4. The number of carbonyl (C=O) groups is 1. The summed E-state index contributed by atoms with van der Waals surface area (Å²) in [5.41, 5.74) is 2.56. The molecule has 0 fully saturated rings. The highest BCUT2D eigenvalue weighted by Gasteiger charge is 2.13. The highest BCUT2D eigenvalue weighted by atomic mass is 16.5. The van der Waals surface area contributed by atoms with Crippen molar-refractivity contribution in [3.05, 3.63) is 42.1 Å². The molecule has 0 saturated heterocycles. The minimum absolute atomic E-state index is 0.620. The number of methoxy groups -OCH3 is 1. The fourth-order valence-electron chi connectivity index (χ4n) is 1.94. The van der Waals surface area contributed by atoms with Gasteiger partial charge in [-0.2, -0.15) is 0 Å². The van der Waals surface area contributed by atoms with E-state index in [2.05, 4.69) is 6.92 Å². The van der Waals surface area contributed by atoms with Crippen molar-refractivity contribution in [2.24, 2.45) is 0 Å². The molecular weight excluding hydrogens is 230 g/mol. The molecule has 1 heterocycles. The van der Waals surface area contributed by atoms with Crippen LogP contribution in [0.3, 0.4) is 0 Å². The van der Waals surface area contributed by atoms with E-state index < -0.39 is 6.09 Å². The Bertz CT molecular complexity index is 572. The van der Waals surface area contributed by atoms with Crippen LogP contribution >= 0.6 is 0 Å². The molecule has 0 aliphatic heterocycles. The fraction of sp³-hybridized carbons (Fsp3) is 0.214. The summed E-state index contributed by atoms with van der Waals surface area (Å²) in [6.07, 6.45) is 1.42. The van der Waals surface area contributed by atoms with Gasteiger partial charge in [-0.15, -0.1) is 0 Å². The molecule has 0 bridgehead atoms. The number of aryl methyl sites for hydroxylation is 1. The molecule has 0 saturated carbocycles. The van der Waals surface area contributed by atoms with Gasteiger partial charge >= 0.3 is 6.09 Å². The van der Waals surface area contributed by atoms with Crippen LogP contribution in [0.2, 0.25) is 0 Å². The molecule has 0 amide bonds. The Labute approximate surface area is 105 Å². The molecule has 0 radical (unpaired) electrons. The number of rotatable bonds is 3. The van der Waals surface area contributed by atoms with Gasteiger partial charge in [0.15, 0.2) is 0 Å². The number of ether oxygens (including phenoxy) is 1. The highest BCUT2D eigenvalue weighted by Crippen LogP contribution is 2.31. The Balaban J connectivity index is 2.61. The summed E-state index contributed by atoms with van der Waals surface area (Å²) in [7, 11) is 1.58. The molecular formula is C14H15NO3. The van der Waals surface area contributed by atoms with Crippen molar-refractivity contribution < 1.29 is 14.6 Å². The maximum Gasteiger partial charge on any atom is 0.416 e. The first-order chi connectivity index (χ1) is 8.67. The van der Waals surface area contributed by atoms with Gasteiger partial charge in [0.2, 0.25) is 0 Å². The van der Waals surface area contributed by atoms with Gasteiger partial charge in [0.25, 0.3) is 0 Å². The van der Waals surface area contributed by atoms with Crippen molar-refractivity contribution in [3.8, 4) is 17.0 Å². The average molecular weight is 245 g/mol. The van der Waals surface area contributed by atoms with E-state index in [0.29, 0.717) is 11.4 Å². The minimum atomic E-state index is -1.00. The molecule has 1 aromatic heterocycles. The monoisotopic (exact) mass is 245 g/mol. The number of benzene rings is 1. The van der Waals surface area contributed by atoms with Crippen molar-refractivity contribution in [3.63, 3.8) is 0 Å². The molecule has 0 spiro atoms. The lowest BCUT2D eigenvalue weighted by Crippen LogP contribution is -2.08. The SMILES string of the molecule is CCc1ccc(OC)c(-c2cccn2C(=O)O)c1. The van der Waals surface area contributed by atoms with Crippen molar-refractivity contribution in [1.82, 2.24) is 4.57 Å². The van der Waals surface area contributed by atoms with E-state index in [1.165, 1.54) is 10.8 Å². The molecule has 2 aromatic rings. The van der Waals surface area contributed by atoms with E-state index in [1.807, 2.05) is 18.2 Å². The van der Waals surface area contributed by atoms with Crippen molar-refractivity contribution in [2.45, 2.75) is 13.3 Å². The Morgan fingerprint density at radius 2 is 2.17 bits per heavy atom. The van der Waals surface area contributed by atoms with Crippen LogP contribution in [-0.4, -0.2) is 22.9 Å². The van der Waals surface area contributed by atoms with Crippen molar-refractivity contribution in [1.29, 1.82) is 0 Å². The van der Waals surface area contributed by atoms with Crippen LogP contribution in [-0.2, 0) is 6.42 Å². The van der Waals surface area contributed by atoms with Gasteiger partial charge in [-0.05, 0) is 36.2 Å². The largest absolute Gasteiger partial charge is 0.496 e. The fourth-order valence-corrected chi connectivity index (χ4v) is 1.94. The third-order valence-electron chi connectivity index (χ3n) is 2.90. The lowest BCUT2D eigenvalue weighted by Gasteiger charge is -2.11. The van der Waals surface area contributed by atoms with Crippen molar-refractivity contribution in [2.75, 3.05) is 7.11 Å². The van der Waals surface area contributed by atoms with Crippen LogP contribution in [0.4, 0.5) is 4.79 Å². The summed E-state index contributed by atoms with van der Waals surface area (Å²) >= 11 is 0. The van der Waals surface area contributed by atoms with Crippen LogP contribution in [0.1, 0.15) is 12.5 Å². The first-order valence-electron chi connectivity index (χ1n) is 5.75. The third kappa shape index (κ3) is 2.09. The summed E-state index contributed by atoms with van der Waals surface area (Å²) < 4.78 is 6.49. The zero-order valence-electron chi connectivity index (χ0n) is 10.4. The molecule has 0 aliphatic rings. The summed E-state index contributed by atoms with van der Waals surface area (Å²) in [5, 5.41) is 9.13. The predicted octanol–water partition coefficient (Wildman–Crippen LogP) is 3.25. The van der Waals surface area contributed by atoms with Crippen LogP contribution in [0.15, 0.2) is 36.5 Å². The number of carboxylic acid groups (broad SMARTS) is 1. The van der Waals surface area contributed by atoms with Gasteiger partial charge in [-0.1, -0.05) is 13.0 Å². The molecule has 0 aliphatic carbocycles. The molecule has 0 atom stereocenters. The Morgan fingerprint density at radius 1 is 1.39 bits per heavy atom. The molecule has 2 rings (SSSR count). The normalized spacial score (nSPS) is 10.3. The van der Waals surface area contributed by atoms with Gasteiger partial charge in [0.1, 0.15) is 5.75 Å². The number of nitrogens with zero attached hydrogens (tertiary/aromatic N) is 1. The average Bonchev–Trinajstić information content (AvgIpc) is 2.87. The van der Waals surface area contributed by atoms with E-state index in [1.54, 1.807) is 19.2 Å². The van der Waals surface area contributed by atoms with E-state index in [4.69, 9.17) is 9.84 Å². The first-order valence-corrected chi connectivity index (χ1v) is 5.75. The second-order valence-corrected chi connectivity index (χ2v) is 3.93. The van der Waals surface area contributed by atoms with Gasteiger partial charge in [0.05, 0.1) is 12.8 Å². The Morgan fingerprint density at radius 3 is 2.78 bits per heavy atom. The lowest BCUT2D eigenvalue weighted by molar-refractivity contribution is 0.197. The van der Waals surface area contributed by atoms with Gasteiger partial charge in [-0.3, -0.25) is 4.57 Å². The van der Waals surface area contributed by atoms with Crippen LogP contribution in [0.25, 0.3) is 11.3 Å². The smallest absolute Gasteiger partial charge is 0.416 e. The molecule has 4 heteroatoms. The second-order valence-electron chi connectivity index (χ2n) is 3.93. The van der Waals surface area contributed by atoms with Crippen LogP contribution in [0.5, 0.6) is 5.75 Å². The quantitative estimate of drug-likeness (QED) is 0.903. The van der Waals surface area contributed by atoms with E-state index >= 15 is 0 Å². The number of hydrogen-bond donors (Lipinski definition) is 1. The Hall–Kier alpha value is -2.23. The predicted molar refractivity (Wildman–Crippen MR) is 69.2 cm³/mol. The van der Waals surface area contributed by atoms with E-state index in [9.17, 15) is 4.79 Å².